The molecule has 1 aromatic heterocycles. The summed E-state index contributed by atoms with van der Waals surface area (Å²) in [6.07, 6.45) is 1.55. The van der Waals surface area contributed by atoms with E-state index in [4.69, 9.17) is 0 Å². The van der Waals surface area contributed by atoms with Gasteiger partial charge in [0.1, 0.15) is 0 Å². The maximum atomic E-state index is 12.3. The van der Waals surface area contributed by atoms with Crippen molar-refractivity contribution in [3.63, 3.8) is 0 Å². The Balaban J connectivity index is 1.72. The lowest BCUT2D eigenvalue weighted by atomic mass is 10.2. The van der Waals surface area contributed by atoms with Crippen LogP contribution < -0.4 is 10.6 Å². The normalized spacial score (nSPS) is 10.3. The van der Waals surface area contributed by atoms with Crippen LogP contribution in [0.2, 0.25) is 0 Å². The molecule has 0 spiro atoms. The highest BCUT2D eigenvalue weighted by atomic mass is 16.6. The van der Waals surface area contributed by atoms with Crippen LogP contribution in [0.3, 0.4) is 0 Å². The van der Waals surface area contributed by atoms with Crippen molar-refractivity contribution >= 4 is 28.9 Å². The second-order valence-electron chi connectivity index (χ2n) is 5.64. The molecule has 2 aromatic carbocycles. The van der Waals surface area contributed by atoms with E-state index in [0.29, 0.717) is 17.1 Å². The number of anilines is 2. The Labute approximate surface area is 153 Å². The summed E-state index contributed by atoms with van der Waals surface area (Å²) in [6.45, 7) is 1.41. The molecule has 3 rings (SSSR count). The molecule has 27 heavy (non-hydrogen) atoms. The number of non-ortho nitro benzene ring substituents is 1. The van der Waals surface area contributed by atoms with E-state index >= 15 is 0 Å². The SMILES string of the molecule is CC(=O)Nc1ccc(NC(=O)c2ccn(-c3cccc([N+](=O)[O-])c3)n2)cc1. The summed E-state index contributed by atoms with van der Waals surface area (Å²) in [7, 11) is 0. The summed E-state index contributed by atoms with van der Waals surface area (Å²) in [5.74, 6) is -0.607. The van der Waals surface area contributed by atoms with Crippen molar-refractivity contribution in [2.75, 3.05) is 10.6 Å². The van der Waals surface area contributed by atoms with Crippen molar-refractivity contribution in [3.05, 3.63) is 76.6 Å². The standard InChI is InChI=1S/C18H15N5O4/c1-12(24)19-13-5-7-14(8-6-13)20-18(25)17-9-10-22(21-17)15-3-2-4-16(11-15)23(26)27/h2-11H,1H3,(H,19,24)(H,20,25). The summed E-state index contributed by atoms with van der Waals surface area (Å²) < 4.78 is 1.39. The Morgan fingerprint density at radius 2 is 1.70 bits per heavy atom. The van der Waals surface area contributed by atoms with Gasteiger partial charge in [0.2, 0.25) is 5.91 Å². The summed E-state index contributed by atoms with van der Waals surface area (Å²) in [5, 5.41) is 20.4. The van der Waals surface area contributed by atoms with E-state index in [9.17, 15) is 19.7 Å². The number of benzene rings is 2. The molecule has 9 nitrogen and oxygen atoms in total. The number of aromatic nitrogens is 2. The van der Waals surface area contributed by atoms with Crippen LogP contribution in [0.25, 0.3) is 5.69 Å². The smallest absolute Gasteiger partial charge is 0.276 e. The fraction of sp³-hybridized carbons (Fsp3) is 0.0556. The number of hydrogen-bond acceptors (Lipinski definition) is 5. The Bertz CT molecular complexity index is 1010. The van der Waals surface area contributed by atoms with Crippen LogP contribution in [0.5, 0.6) is 0 Å². The lowest BCUT2D eigenvalue weighted by Gasteiger charge is -2.06. The molecule has 0 bridgehead atoms. The molecule has 0 radical (unpaired) electrons. The van der Waals surface area contributed by atoms with Crippen LogP contribution in [0, 0.1) is 10.1 Å². The largest absolute Gasteiger partial charge is 0.326 e. The zero-order chi connectivity index (χ0) is 19.4. The van der Waals surface area contributed by atoms with Crippen LogP contribution >= 0.6 is 0 Å². The minimum atomic E-state index is -0.495. The molecule has 0 aliphatic carbocycles. The van der Waals surface area contributed by atoms with Gasteiger partial charge in [-0.15, -0.1) is 0 Å². The molecule has 9 heteroatoms. The summed E-state index contributed by atoms with van der Waals surface area (Å²) in [4.78, 5) is 33.7. The molecule has 2 N–H and O–H groups in total. The lowest BCUT2D eigenvalue weighted by molar-refractivity contribution is -0.384. The molecular formula is C18H15N5O4. The van der Waals surface area contributed by atoms with Gasteiger partial charge in [0, 0.05) is 36.6 Å². The number of rotatable bonds is 5. The van der Waals surface area contributed by atoms with E-state index < -0.39 is 10.8 Å². The number of nitrogens with zero attached hydrogens (tertiary/aromatic N) is 3. The lowest BCUT2D eigenvalue weighted by Crippen LogP contribution is -2.13. The first-order valence-corrected chi connectivity index (χ1v) is 7.92. The molecule has 136 valence electrons. The van der Waals surface area contributed by atoms with Crippen LogP contribution in [0.1, 0.15) is 17.4 Å². The number of nitro benzene ring substituents is 1. The molecule has 0 fully saturated rings. The maximum absolute atomic E-state index is 12.3. The fourth-order valence-electron chi connectivity index (χ4n) is 2.37. The molecule has 1 heterocycles. The van der Waals surface area contributed by atoms with E-state index in [1.165, 1.54) is 29.8 Å². The second-order valence-corrected chi connectivity index (χ2v) is 5.64. The zero-order valence-corrected chi connectivity index (χ0v) is 14.2. The van der Waals surface area contributed by atoms with E-state index in [-0.39, 0.29) is 17.3 Å². The number of carbonyl (C=O) groups excluding carboxylic acids is 2. The average molecular weight is 365 g/mol. The Kier molecular flexibility index (Phi) is 4.93. The van der Waals surface area contributed by atoms with Crippen LogP contribution in [0.15, 0.2) is 60.8 Å². The molecule has 0 aliphatic rings. The van der Waals surface area contributed by atoms with Gasteiger partial charge < -0.3 is 10.6 Å². The van der Waals surface area contributed by atoms with Crippen molar-refractivity contribution in [3.8, 4) is 5.69 Å². The summed E-state index contributed by atoms with van der Waals surface area (Å²) in [6, 6.07) is 14.1. The third-order valence-corrected chi connectivity index (χ3v) is 3.59. The first-order chi connectivity index (χ1) is 12.9. The highest BCUT2D eigenvalue weighted by Crippen LogP contribution is 2.17. The molecule has 0 aliphatic heterocycles. The zero-order valence-electron chi connectivity index (χ0n) is 14.2. The van der Waals surface area contributed by atoms with Gasteiger partial charge >= 0.3 is 0 Å². The Morgan fingerprint density at radius 1 is 1.04 bits per heavy atom. The number of nitrogens with one attached hydrogen (secondary N) is 2. The average Bonchev–Trinajstić information content (AvgIpc) is 3.13. The van der Waals surface area contributed by atoms with Gasteiger partial charge in [0.15, 0.2) is 5.69 Å². The monoisotopic (exact) mass is 365 g/mol. The van der Waals surface area contributed by atoms with Crippen LogP contribution in [-0.2, 0) is 4.79 Å². The number of nitro groups is 1. The van der Waals surface area contributed by atoms with E-state index in [1.54, 1.807) is 42.6 Å². The van der Waals surface area contributed by atoms with Gasteiger partial charge in [0.05, 0.1) is 10.6 Å². The predicted octanol–water partition coefficient (Wildman–Crippen LogP) is 2.99. The van der Waals surface area contributed by atoms with Gasteiger partial charge in [-0.1, -0.05) is 6.07 Å². The molecule has 2 amide bonds. The fourth-order valence-corrected chi connectivity index (χ4v) is 2.37. The van der Waals surface area contributed by atoms with Gasteiger partial charge in [-0.25, -0.2) is 4.68 Å². The van der Waals surface area contributed by atoms with Gasteiger partial charge in [-0.3, -0.25) is 19.7 Å². The molecular weight excluding hydrogens is 350 g/mol. The second kappa shape index (κ2) is 7.48. The van der Waals surface area contributed by atoms with Crippen molar-refractivity contribution in [1.29, 1.82) is 0 Å². The van der Waals surface area contributed by atoms with Crippen LogP contribution in [-0.4, -0.2) is 26.5 Å². The highest BCUT2D eigenvalue weighted by Gasteiger charge is 2.12. The minimum Gasteiger partial charge on any atom is -0.326 e. The highest BCUT2D eigenvalue weighted by molar-refractivity contribution is 6.03. The number of carbonyl (C=O) groups is 2. The van der Waals surface area contributed by atoms with E-state index in [2.05, 4.69) is 15.7 Å². The third-order valence-electron chi connectivity index (χ3n) is 3.59. The third kappa shape index (κ3) is 4.34. The minimum absolute atomic E-state index is 0.0618. The molecule has 0 saturated heterocycles. The molecule has 0 atom stereocenters. The Morgan fingerprint density at radius 3 is 2.33 bits per heavy atom. The van der Waals surface area contributed by atoms with Crippen molar-refractivity contribution in [1.82, 2.24) is 9.78 Å². The molecule has 0 saturated carbocycles. The van der Waals surface area contributed by atoms with Gasteiger partial charge in [-0.2, -0.15) is 5.10 Å². The topological polar surface area (TPSA) is 119 Å². The van der Waals surface area contributed by atoms with Gasteiger partial charge in [-0.05, 0) is 36.4 Å². The van der Waals surface area contributed by atoms with Crippen molar-refractivity contribution < 1.29 is 14.5 Å². The quantitative estimate of drug-likeness (QED) is 0.532. The van der Waals surface area contributed by atoms with Crippen molar-refractivity contribution in [2.45, 2.75) is 6.92 Å². The first kappa shape index (κ1) is 17.8. The van der Waals surface area contributed by atoms with Crippen LogP contribution in [0.4, 0.5) is 17.1 Å². The first-order valence-electron chi connectivity index (χ1n) is 7.92. The predicted molar refractivity (Wildman–Crippen MR) is 98.9 cm³/mol. The van der Waals surface area contributed by atoms with E-state index in [0.717, 1.165) is 0 Å². The summed E-state index contributed by atoms with van der Waals surface area (Å²) in [5.41, 5.74) is 1.73. The van der Waals surface area contributed by atoms with E-state index in [1.807, 2.05) is 0 Å². The summed E-state index contributed by atoms with van der Waals surface area (Å²) >= 11 is 0. The Hall–Kier alpha value is -4.01. The molecule has 3 aromatic rings. The maximum Gasteiger partial charge on any atom is 0.276 e. The van der Waals surface area contributed by atoms with Crippen molar-refractivity contribution in [2.24, 2.45) is 0 Å². The molecule has 0 unspecified atom stereocenters. The number of amides is 2. The van der Waals surface area contributed by atoms with Gasteiger partial charge in [0.25, 0.3) is 11.6 Å². The number of hydrogen-bond donors (Lipinski definition) is 2.